The predicted octanol–water partition coefficient (Wildman–Crippen LogP) is 2.69. The van der Waals surface area contributed by atoms with Crippen LogP contribution in [0.4, 0.5) is 5.69 Å². The van der Waals surface area contributed by atoms with E-state index < -0.39 is 10.2 Å². The molecule has 2 aromatic carbocycles. The molecule has 0 radical (unpaired) electrons. The maximum Gasteiger partial charge on any atom is 0.299 e. The first kappa shape index (κ1) is 16.6. The fraction of sp³-hybridized carbons (Fsp3) is 0.368. The molecule has 25 heavy (non-hydrogen) atoms. The molecular weight excluding hydrogens is 334 g/mol. The van der Waals surface area contributed by atoms with Crippen LogP contribution in [0, 0.1) is 0 Å². The molecule has 2 atom stereocenters. The van der Waals surface area contributed by atoms with E-state index in [-0.39, 0.29) is 6.04 Å². The molecule has 1 saturated heterocycles. The van der Waals surface area contributed by atoms with Gasteiger partial charge >= 0.3 is 0 Å². The Morgan fingerprint density at radius 3 is 2.56 bits per heavy atom. The Balaban J connectivity index is 1.47. The van der Waals surface area contributed by atoms with E-state index >= 15 is 0 Å². The van der Waals surface area contributed by atoms with Crippen molar-refractivity contribution >= 4 is 15.9 Å². The van der Waals surface area contributed by atoms with Crippen LogP contribution < -0.4 is 9.44 Å². The van der Waals surface area contributed by atoms with E-state index in [1.54, 1.807) is 12.1 Å². The molecule has 132 valence electrons. The molecule has 5 nitrogen and oxygen atoms in total. The molecule has 2 heterocycles. The summed E-state index contributed by atoms with van der Waals surface area (Å²) in [5, 5.41) is 0. The van der Waals surface area contributed by atoms with Gasteiger partial charge in [-0.05, 0) is 42.5 Å². The van der Waals surface area contributed by atoms with Gasteiger partial charge in [0, 0.05) is 30.9 Å². The van der Waals surface area contributed by atoms with E-state index in [1.165, 1.54) is 11.1 Å². The van der Waals surface area contributed by atoms with Gasteiger partial charge in [0.25, 0.3) is 10.2 Å². The van der Waals surface area contributed by atoms with Crippen LogP contribution in [-0.4, -0.2) is 32.4 Å². The number of nitrogens with one attached hydrogen (secondary N) is 2. The second-order valence-corrected chi connectivity index (χ2v) is 8.26. The molecule has 0 aliphatic carbocycles. The third-order valence-electron chi connectivity index (χ3n) is 5.14. The van der Waals surface area contributed by atoms with Gasteiger partial charge in [-0.2, -0.15) is 13.1 Å². The highest BCUT2D eigenvalue weighted by Crippen LogP contribution is 2.36. The van der Waals surface area contributed by atoms with Crippen LogP contribution >= 0.6 is 0 Å². The van der Waals surface area contributed by atoms with Crippen LogP contribution in [0.3, 0.4) is 0 Å². The molecule has 1 fully saturated rings. The Morgan fingerprint density at radius 2 is 1.72 bits per heavy atom. The van der Waals surface area contributed by atoms with E-state index in [9.17, 15) is 8.42 Å². The molecule has 0 unspecified atom stereocenters. The van der Waals surface area contributed by atoms with Gasteiger partial charge in [0.05, 0.1) is 0 Å². The molecule has 0 aromatic heterocycles. The molecule has 0 amide bonds. The molecule has 4 rings (SSSR count). The zero-order valence-corrected chi connectivity index (χ0v) is 14.9. The summed E-state index contributed by atoms with van der Waals surface area (Å²) in [4.78, 5) is 2.48. The van der Waals surface area contributed by atoms with Gasteiger partial charge in [0.1, 0.15) is 0 Å². The number of benzene rings is 2. The normalized spacial score (nSPS) is 23.5. The lowest BCUT2D eigenvalue weighted by Crippen LogP contribution is -2.49. The third kappa shape index (κ3) is 3.71. The standard InChI is InChI=1S/C19H23N3O2S/c23-25(24,20-16-7-2-1-3-8-16)21-17-11-13-22-12-10-15-6-4-5-9-18(15)19(22)14-17/h1-9,17,19-21H,10-14H2/t17-,19+/m1/s1. The minimum absolute atomic E-state index is 0.0476. The minimum Gasteiger partial charge on any atom is -0.296 e. The zero-order valence-electron chi connectivity index (χ0n) is 14.1. The highest BCUT2D eigenvalue weighted by atomic mass is 32.2. The van der Waals surface area contributed by atoms with Gasteiger partial charge in [-0.15, -0.1) is 0 Å². The second kappa shape index (κ2) is 6.78. The van der Waals surface area contributed by atoms with Crippen molar-refractivity contribution in [2.45, 2.75) is 31.3 Å². The number of hydrogen-bond donors (Lipinski definition) is 2. The van der Waals surface area contributed by atoms with Crippen molar-refractivity contribution in [3.05, 3.63) is 65.7 Å². The maximum atomic E-state index is 12.4. The summed E-state index contributed by atoms with van der Waals surface area (Å²) in [5.74, 6) is 0. The lowest BCUT2D eigenvalue weighted by Gasteiger charge is -2.43. The number of para-hydroxylation sites is 1. The Bertz CT molecular complexity index is 839. The van der Waals surface area contributed by atoms with E-state index in [0.717, 1.165) is 32.4 Å². The number of fused-ring (bicyclic) bond motifs is 3. The predicted molar refractivity (Wildman–Crippen MR) is 99.6 cm³/mol. The van der Waals surface area contributed by atoms with E-state index in [1.807, 2.05) is 18.2 Å². The number of hydrogen-bond acceptors (Lipinski definition) is 3. The van der Waals surface area contributed by atoms with Crippen LogP contribution in [0.25, 0.3) is 0 Å². The number of rotatable bonds is 4. The Hall–Kier alpha value is -1.89. The van der Waals surface area contributed by atoms with Gasteiger partial charge in [-0.1, -0.05) is 42.5 Å². The highest BCUT2D eigenvalue weighted by Gasteiger charge is 2.34. The number of piperidine rings is 1. The second-order valence-electron chi connectivity index (χ2n) is 6.81. The summed E-state index contributed by atoms with van der Waals surface area (Å²) in [6.07, 6.45) is 2.74. The quantitative estimate of drug-likeness (QED) is 0.884. The molecule has 0 bridgehead atoms. The molecule has 0 saturated carbocycles. The molecule has 2 aliphatic rings. The maximum absolute atomic E-state index is 12.4. The van der Waals surface area contributed by atoms with Gasteiger partial charge in [-0.25, -0.2) is 0 Å². The highest BCUT2D eigenvalue weighted by molar-refractivity contribution is 7.90. The minimum atomic E-state index is -3.57. The summed E-state index contributed by atoms with van der Waals surface area (Å²) in [6, 6.07) is 17.8. The summed E-state index contributed by atoms with van der Waals surface area (Å²) in [7, 11) is -3.57. The fourth-order valence-corrected chi connectivity index (χ4v) is 5.13. The van der Waals surface area contributed by atoms with E-state index in [2.05, 4.69) is 38.6 Å². The molecule has 6 heteroatoms. The smallest absolute Gasteiger partial charge is 0.296 e. The Morgan fingerprint density at radius 1 is 0.960 bits per heavy atom. The Kier molecular flexibility index (Phi) is 4.50. The molecule has 0 spiro atoms. The van der Waals surface area contributed by atoms with Gasteiger partial charge in [0.15, 0.2) is 0 Å². The zero-order chi connectivity index (χ0) is 17.3. The number of nitrogens with zero attached hydrogens (tertiary/aromatic N) is 1. The van der Waals surface area contributed by atoms with E-state index in [0.29, 0.717) is 11.7 Å². The third-order valence-corrected chi connectivity index (χ3v) is 6.29. The van der Waals surface area contributed by atoms with Crippen LogP contribution in [0.2, 0.25) is 0 Å². The lowest BCUT2D eigenvalue weighted by molar-refractivity contribution is 0.122. The monoisotopic (exact) mass is 357 g/mol. The lowest BCUT2D eigenvalue weighted by atomic mass is 9.85. The van der Waals surface area contributed by atoms with Crippen LogP contribution in [0.5, 0.6) is 0 Å². The SMILES string of the molecule is O=S(=O)(Nc1ccccc1)N[C@@H]1CCN2CCc3ccccc3[C@@H]2C1. The van der Waals surface area contributed by atoms with Crippen molar-refractivity contribution < 1.29 is 8.42 Å². The number of anilines is 1. The van der Waals surface area contributed by atoms with Crippen LogP contribution in [0.15, 0.2) is 54.6 Å². The topological polar surface area (TPSA) is 61.4 Å². The first-order chi connectivity index (χ1) is 12.1. The summed E-state index contributed by atoms with van der Waals surface area (Å²) >= 11 is 0. The van der Waals surface area contributed by atoms with Crippen molar-refractivity contribution in [2.75, 3.05) is 17.8 Å². The first-order valence-corrected chi connectivity index (χ1v) is 10.3. The average Bonchev–Trinajstić information content (AvgIpc) is 2.61. The van der Waals surface area contributed by atoms with Crippen molar-refractivity contribution in [1.29, 1.82) is 0 Å². The van der Waals surface area contributed by atoms with Gasteiger partial charge in [0.2, 0.25) is 0 Å². The molecule has 2 N–H and O–H groups in total. The van der Waals surface area contributed by atoms with Crippen molar-refractivity contribution in [1.82, 2.24) is 9.62 Å². The van der Waals surface area contributed by atoms with E-state index in [4.69, 9.17) is 0 Å². The first-order valence-electron chi connectivity index (χ1n) is 8.78. The average molecular weight is 357 g/mol. The van der Waals surface area contributed by atoms with Crippen molar-refractivity contribution in [2.24, 2.45) is 0 Å². The fourth-order valence-electron chi connectivity index (χ4n) is 3.97. The molecular formula is C19H23N3O2S. The van der Waals surface area contributed by atoms with Crippen LogP contribution in [-0.2, 0) is 16.6 Å². The van der Waals surface area contributed by atoms with Crippen molar-refractivity contribution in [3.63, 3.8) is 0 Å². The molecule has 2 aliphatic heterocycles. The summed E-state index contributed by atoms with van der Waals surface area (Å²) < 4.78 is 30.3. The van der Waals surface area contributed by atoms with Crippen molar-refractivity contribution in [3.8, 4) is 0 Å². The Labute approximate surface area is 149 Å². The largest absolute Gasteiger partial charge is 0.299 e. The molecule has 2 aromatic rings. The summed E-state index contributed by atoms with van der Waals surface area (Å²) in [6.45, 7) is 1.99. The van der Waals surface area contributed by atoms with Crippen LogP contribution in [0.1, 0.15) is 30.0 Å². The summed E-state index contributed by atoms with van der Waals surface area (Å²) in [5.41, 5.74) is 3.33. The van der Waals surface area contributed by atoms with Gasteiger partial charge < -0.3 is 0 Å². The van der Waals surface area contributed by atoms with Gasteiger partial charge in [-0.3, -0.25) is 9.62 Å².